The second-order valence-corrected chi connectivity index (χ2v) is 7.50. The average molecular weight is 454 g/mol. The van der Waals surface area contributed by atoms with E-state index in [2.05, 4.69) is 11.4 Å². The number of nitrogens with zero attached hydrogens (tertiary/aromatic N) is 1. The lowest BCUT2D eigenvalue weighted by molar-refractivity contribution is -0.192. The maximum absolute atomic E-state index is 13.3. The van der Waals surface area contributed by atoms with Crippen LogP contribution in [0.1, 0.15) is 22.7 Å². The van der Waals surface area contributed by atoms with Gasteiger partial charge in [0.15, 0.2) is 0 Å². The van der Waals surface area contributed by atoms with Crippen LogP contribution in [-0.4, -0.2) is 54.5 Å². The summed E-state index contributed by atoms with van der Waals surface area (Å²) in [6, 6.07) is 14.3. The van der Waals surface area contributed by atoms with Crippen LogP contribution in [0.2, 0.25) is 0 Å². The summed E-state index contributed by atoms with van der Waals surface area (Å²) in [6.45, 7) is 2.84. The third-order valence-corrected chi connectivity index (χ3v) is 5.25. The van der Waals surface area contributed by atoms with Crippen molar-refractivity contribution in [1.82, 2.24) is 10.2 Å². The lowest BCUT2D eigenvalue weighted by Gasteiger charge is -2.37. The van der Waals surface area contributed by atoms with Crippen LogP contribution in [0.25, 0.3) is 0 Å². The number of aliphatic carboxylic acids is 1. The fourth-order valence-corrected chi connectivity index (χ4v) is 3.51. The molecule has 2 aliphatic heterocycles. The number of rotatable bonds is 3. The van der Waals surface area contributed by atoms with E-state index in [-0.39, 0.29) is 18.0 Å². The molecule has 0 unspecified atom stereocenters. The van der Waals surface area contributed by atoms with Gasteiger partial charge in [0.25, 0.3) is 0 Å². The van der Waals surface area contributed by atoms with Crippen LogP contribution in [0.4, 0.5) is 22.4 Å². The molecule has 1 fully saturated rings. The summed E-state index contributed by atoms with van der Waals surface area (Å²) in [5, 5.41) is 10.3. The van der Waals surface area contributed by atoms with Gasteiger partial charge in [-0.05, 0) is 35.2 Å². The number of carbonyl (C=O) groups is 2. The molecule has 2 heterocycles. The summed E-state index contributed by atoms with van der Waals surface area (Å²) in [5.74, 6) is -2.63. The molecule has 2 aliphatic rings. The van der Waals surface area contributed by atoms with Gasteiger partial charge < -0.3 is 15.2 Å². The minimum atomic E-state index is -5.08. The normalized spacial score (nSPS) is 18.0. The molecule has 32 heavy (non-hydrogen) atoms. The van der Waals surface area contributed by atoms with Crippen LogP contribution < -0.4 is 5.32 Å². The molecular formula is C22H22F4N2O4. The molecule has 1 saturated heterocycles. The van der Waals surface area contributed by atoms with Crippen molar-refractivity contribution in [2.75, 3.05) is 26.2 Å². The number of nitrogens with one attached hydrogen (secondary N) is 1. The third-order valence-electron chi connectivity index (χ3n) is 5.25. The molecule has 0 bridgehead atoms. The molecule has 1 atom stereocenters. The second-order valence-electron chi connectivity index (χ2n) is 7.50. The van der Waals surface area contributed by atoms with Crippen LogP contribution in [0.15, 0.2) is 48.5 Å². The summed E-state index contributed by atoms with van der Waals surface area (Å²) >= 11 is 0. The van der Waals surface area contributed by atoms with Crippen molar-refractivity contribution in [2.45, 2.75) is 18.6 Å². The number of hydrogen-bond donors (Lipinski definition) is 2. The molecule has 0 aliphatic carbocycles. The van der Waals surface area contributed by atoms with Crippen LogP contribution in [0.3, 0.4) is 0 Å². The number of halogens is 4. The van der Waals surface area contributed by atoms with Gasteiger partial charge in [0.1, 0.15) is 5.82 Å². The smallest absolute Gasteiger partial charge is 0.475 e. The summed E-state index contributed by atoms with van der Waals surface area (Å²) in [6.07, 6.45) is -4.58. The van der Waals surface area contributed by atoms with E-state index in [1.165, 1.54) is 17.7 Å². The Labute approximate surface area is 181 Å². The van der Waals surface area contributed by atoms with E-state index in [1.807, 2.05) is 18.2 Å². The molecule has 2 aromatic rings. The Balaban J connectivity index is 0.000000360. The minimum absolute atomic E-state index is 0.238. The minimum Gasteiger partial charge on any atom is -0.475 e. The van der Waals surface area contributed by atoms with Gasteiger partial charge in [-0.25, -0.2) is 14.0 Å². The van der Waals surface area contributed by atoms with Gasteiger partial charge in [-0.2, -0.15) is 13.2 Å². The van der Waals surface area contributed by atoms with Crippen LogP contribution >= 0.6 is 0 Å². The number of amides is 1. The van der Waals surface area contributed by atoms with Gasteiger partial charge in [-0.15, -0.1) is 0 Å². The van der Waals surface area contributed by atoms with Crippen molar-refractivity contribution >= 4 is 12.1 Å². The number of alkyl halides is 3. The van der Waals surface area contributed by atoms with E-state index >= 15 is 0 Å². The van der Waals surface area contributed by atoms with Gasteiger partial charge in [0.2, 0.25) is 0 Å². The first-order chi connectivity index (χ1) is 15.2. The van der Waals surface area contributed by atoms with Crippen molar-refractivity contribution < 1.29 is 37.0 Å². The van der Waals surface area contributed by atoms with E-state index in [1.54, 1.807) is 17.0 Å². The van der Waals surface area contributed by atoms with E-state index < -0.39 is 12.1 Å². The van der Waals surface area contributed by atoms with Crippen LogP contribution in [-0.2, 0) is 16.0 Å². The molecule has 2 aromatic carbocycles. The molecule has 0 spiro atoms. The number of benzene rings is 2. The predicted octanol–water partition coefficient (Wildman–Crippen LogP) is 3.76. The summed E-state index contributed by atoms with van der Waals surface area (Å²) in [4.78, 5) is 23.4. The molecule has 0 aromatic heterocycles. The molecule has 1 amide bonds. The van der Waals surface area contributed by atoms with E-state index in [0.717, 1.165) is 30.6 Å². The van der Waals surface area contributed by atoms with Crippen molar-refractivity contribution in [3.05, 3.63) is 71.0 Å². The first-order valence-electron chi connectivity index (χ1n) is 9.94. The van der Waals surface area contributed by atoms with Crippen molar-refractivity contribution in [1.29, 1.82) is 0 Å². The largest absolute Gasteiger partial charge is 0.490 e. The molecule has 4 rings (SSSR count). The highest BCUT2D eigenvalue weighted by Gasteiger charge is 2.38. The van der Waals surface area contributed by atoms with Gasteiger partial charge >= 0.3 is 18.2 Å². The number of ether oxygens (including phenoxy) is 1. The zero-order chi connectivity index (χ0) is 23.3. The number of carboxylic acids is 1. The fourth-order valence-electron chi connectivity index (χ4n) is 3.51. The lowest BCUT2D eigenvalue weighted by atomic mass is 9.88. The first-order valence-corrected chi connectivity index (χ1v) is 9.94. The first kappa shape index (κ1) is 23.5. The van der Waals surface area contributed by atoms with Crippen LogP contribution in [0.5, 0.6) is 0 Å². The number of carbonyl (C=O) groups excluding carboxylic acids is 1. The van der Waals surface area contributed by atoms with E-state index in [9.17, 15) is 22.4 Å². The van der Waals surface area contributed by atoms with Crippen molar-refractivity contribution in [3.8, 4) is 0 Å². The molecule has 6 nitrogen and oxygen atoms in total. The lowest BCUT2D eigenvalue weighted by Crippen LogP contribution is -2.46. The quantitative estimate of drug-likeness (QED) is 0.691. The van der Waals surface area contributed by atoms with Gasteiger partial charge in [-0.1, -0.05) is 36.4 Å². The highest BCUT2D eigenvalue weighted by atomic mass is 19.4. The Kier molecular flexibility index (Phi) is 7.34. The predicted molar refractivity (Wildman–Crippen MR) is 106 cm³/mol. The zero-order valence-electron chi connectivity index (χ0n) is 16.9. The molecular weight excluding hydrogens is 432 g/mol. The number of fused-ring (bicyclic) bond motifs is 1. The summed E-state index contributed by atoms with van der Waals surface area (Å²) in [7, 11) is 0. The Morgan fingerprint density at radius 2 is 1.72 bits per heavy atom. The Morgan fingerprint density at radius 1 is 1.09 bits per heavy atom. The summed E-state index contributed by atoms with van der Waals surface area (Å²) in [5.41, 5.74) is 3.21. The standard InChI is InChI=1S/C20H21FN2O2.C2HF3O2/c21-17-7-5-16(6-8-17)19-18-4-2-1-3-15(18)9-10-23(19)20(24)25-13-14-11-22-12-14;3-2(4,5)1(6)7/h1-8,14,19,22H,9-13H2;(H,6,7)/t19-;/m0./s1. The molecule has 172 valence electrons. The van der Waals surface area contributed by atoms with Crippen molar-refractivity contribution in [3.63, 3.8) is 0 Å². The highest BCUT2D eigenvalue weighted by Crippen LogP contribution is 2.35. The summed E-state index contributed by atoms with van der Waals surface area (Å²) < 4.78 is 50.6. The van der Waals surface area contributed by atoms with Gasteiger partial charge in [0, 0.05) is 25.6 Å². The average Bonchev–Trinajstić information content (AvgIpc) is 2.72. The zero-order valence-corrected chi connectivity index (χ0v) is 16.9. The van der Waals surface area contributed by atoms with E-state index in [4.69, 9.17) is 14.6 Å². The topological polar surface area (TPSA) is 78.9 Å². The highest BCUT2D eigenvalue weighted by molar-refractivity contribution is 5.73. The second kappa shape index (κ2) is 9.99. The van der Waals surface area contributed by atoms with E-state index in [0.29, 0.717) is 19.1 Å². The molecule has 0 saturated carbocycles. The maximum atomic E-state index is 13.3. The number of hydrogen-bond acceptors (Lipinski definition) is 4. The Bertz CT molecular complexity index is 946. The van der Waals surface area contributed by atoms with Gasteiger partial charge in [-0.3, -0.25) is 4.90 Å². The van der Waals surface area contributed by atoms with Crippen molar-refractivity contribution in [2.24, 2.45) is 5.92 Å². The Hall–Kier alpha value is -3.14. The van der Waals surface area contributed by atoms with Gasteiger partial charge in [0.05, 0.1) is 12.6 Å². The molecule has 2 N–H and O–H groups in total. The molecule has 0 radical (unpaired) electrons. The van der Waals surface area contributed by atoms with Crippen LogP contribution in [0, 0.1) is 11.7 Å². The molecule has 10 heteroatoms. The Morgan fingerprint density at radius 3 is 2.28 bits per heavy atom. The number of carboxylic acid groups (broad SMARTS) is 1. The fraction of sp³-hybridized carbons (Fsp3) is 0.364. The maximum Gasteiger partial charge on any atom is 0.490 e. The SMILES string of the molecule is O=C(O)C(F)(F)F.O=C(OCC1CNC1)N1CCc2ccccc2[C@@H]1c1ccc(F)cc1. The third kappa shape index (κ3) is 5.76. The monoisotopic (exact) mass is 454 g/mol.